The molecule has 0 amide bonds. The zero-order valence-electron chi connectivity index (χ0n) is 18.6. The summed E-state index contributed by atoms with van der Waals surface area (Å²) >= 11 is 0. The molecule has 1 rings (SSSR count). The number of terminal acetylenes is 1. The summed E-state index contributed by atoms with van der Waals surface area (Å²) in [4.78, 5) is 0. The van der Waals surface area contributed by atoms with Gasteiger partial charge in [-0.3, -0.25) is 0 Å². The summed E-state index contributed by atoms with van der Waals surface area (Å²) in [6, 6.07) is 3.87. The molecule has 0 aliphatic rings. The molecule has 1 unspecified atom stereocenters. The summed E-state index contributed by atoms with van der Waals surface area (Å²) in [5.74, 6) is 4.31. The van der Waals surface area contributed by atoms with Crippen LogP contribution in [0.5, 0.6) is 11.5 Å². The van der Waals surface area contributed by atoms with Crippen LogP contribution in [0.25, 0.3) is 0 Å². The molecule has 0 saturated carbocycles. The predicted octanol–water partition coefficient (Wildman–Crippen LogP) is 6.75. The average Bonchev–Trinajstić information content (AvgIpc) is 2.51. The Morgan fingerprint density at radius 2 is 1.67 bits per heavy atom. The number of hydrogen-bond acceptors (Lipinski definition) is 2. The maximum atomic E-state index is 10.5. The van der Waals surface area contributed by atoms with Crippen LogP contribution < -0.4 is 4.74 Å². The van der Waals surface area contributed by atoms with Gasteiger partial charge >= 0.3 is 0 Å². The Balaban J connectivity index is 2.95. The van der Waals surface area contributed by atoms with E-state index in [0.29, 0.717) is 12.4 Å². The van der Waals surface area contributed by atoms with Crippen LogP contribution in [0.3, 0.4) is 0 Å². The summed E-state index contributed by atoms with van der Waals surface area (Å²) < 4.78 is 6.19. The Bertz CT molecular complexity index is 687. The number of rotatable bonds is 7. The SMILES string of the molecule is C#CC(CCC=C(C)C)CCOc1cc(C(C)(C)C)c(O)cc1C(C)(C)C. The van der Waals surface area contributed by atoms with Crippen LogP contribution in [0.1, 0.15) is 85.8 Å². The molecule has 0 spiro atoms. The number of benzene rings is 1. The standard InChI is InChI=1S/C25H38O2/c1-10-19(13-11-12-18(2)3)14-15-27-23-17-20(24(4,5)6)22(26)16-21(23)25(7,8)9/h1,12,16-17,19,26H,11,13-15H2,2-9H3. The van der Waals surface area contributed by atoms with Crippen LogP contribution in [-0.4, -0.2) is 11.7 Å². The van der Waals surface area contributed by atoms with Gasteiger partial charge in [-0.05, 0) is 56.1 Å². The van der Waals surface area contributed by atoms with E-state index in [1.165, 1.54) is 5.57 Å². The molecule has 27 heavy (non-hydrogen) atoms. The lowest BCUT2D eigenvalue weighted by Crippen LogP contribution is -2.18. The van der Waals surface area contributed by atoms with Gasteiger partial charge in [0.2, 0.25) is 0 Å². The number of phenolic OH excluding ortho intramolecular Hbond substituents is 1. The Hall–Kier alpha value is -1.88. The Labute approximate surface area is 167 Å². The van der Waals surface area contributed by atoms with Gasteiger partial charge in [0.1, 0.15) is 11.5 Å². The van der Waals surface area contributed by atoms with Crippen molar-refractivity contribution in [1.82, 2.24) is 0 Å². The first-order chi connectivity index (χ1) is 12.4. The molecule has 2 heteroatoms. The molecule has 0 fully saturated rings. The fourth-order valence-electron chi connectivity index (χ4n) is 3.07. The number of allylic oxidation sites excluding steroid dienone is 2. The van der Waals surface area contributed by atoms with E-state index in [2.05, 4.69) is 67.4 Å². The number of aromatic hydroxyl groups is 1. The smallest absolute Gasteiger partial charge is 0.123 e. The van der Waals surface area contributed by atoms with E-state index in [1.54, 1.807) is 0 Å². The van der Waals surface area contributed by atoms with Crippen LogP contribution in [0.2, 0.25) is 0 Å². The zero-order chi connectivity index (χ0) is 20.8. The third kappa shape index (κ3) is 7.33. The normalized spacial score (nSPS) is 13.0. The van der Waals surface area contributed by atoms with Crippen LogP contribution in [-0.2, 0) is 10.8 Å². The van der Waals surface area contributed by atoms with Gasteiger partial charge < -0.3 is 9.84 Å². The summed E-state index contributed by atoms with van der Waals surface area (Å²) in [5.41, 5.74) is 3.00. The Kier molecular flexibility index (Phi) is 8.03. The van der Waals surface area contributed by atoms with Gasteiger partial charge in [-0.15, -0.1) is 12.3 Å². The maximum Gasteiger partial charge on any atom is 0.123 e. The molecule has 1 atom stereocenters. The minimum Gasteiger partial charge on any atom is -0.508 e. The van der Waals surface area contributed by atoms with E-state index in [4.69, 9.17) is 11.2 Å². The highest BCUT2D eigenvalue weighted by Gasteiger charge is 2.26. The molecular weight excluding hydrogens is 332 g/mol. The number of ether oxygens (including phenoxy) is 1. The van der Waals surface area contributed by atoms with Gasteiger partial charge in [-0.25, -0.2) is 0 Å². The number of hydrogen-bond donors (Lipinski definition) is 1. The second kappa shape index (κ2) is 9.36. The Morgan fingerprint density at radius 1 is 1.07 bits per heavy atom. The van der Waals surface area contributed by atoms with Crippen molar-refractivity contribution >= 4 is 0 Å². The first-order valence-corrected chi connectivity index (χ1v) is 9.96. The summed E-state index contributed by atoms with van der Waals surface area (Å²) in [7, 11) is 0. The molecule has 0 aromatic heterocycles. The molecule has 0 bridgehead atoms. The number of phenols is 1. The highest BCUT2D eigenvalue weighted by molar-refractivity contribution is 5.51. The van der Waals surface area contributed by atoms with Crippen molar-refractivity contribution in [1.29, 1.82) is 0 Å². The van der Waals surface area contributed by atoms with E-state index in [9.17, 15) is 5.11 Å². The van der Waals surface area contributed by atoms with E-state index in [1.807, 2.05) is 12.1 Å². The lowest BCUT2D eigenvalue weighted by Gasteiger charge is -2.28. The quantitative estimate of drug-likeness (QED) is 0.425. The van der Waals surface area contributed by atoms with Crippen molar-refractivity contribution in [2.45, 2.75) is 85.5 Å². The Morgan fingerprint density at radius 3 is 2.15 bits per heavy atom. The zero-order valence-corrected chi connectivity index (χ0v) is 18.6. The molecule has 0 radical (unpaired) electrons. The van der Waals surface area contributed by atoms with Gasteiger partial charge in [-0.1, -0.05) is 53.2 Å². The van der Waals surface area contributed by atoms with Crippen molar-refractivity contribution in [2.75, 3.05) is 6.61 Å². The van der Waals surface area contributed by atoms with E-state index in [0.717, 1.165) is 36.1 Å². The van der Waals surface area contributed by atoms with Gasteiger partial charge in [0.15, 0.2) is 0 Å². The molecule has 0 heterocycles. The minimum atomic E-state index is -0.149. The molecule has 2 nitrogen and oxygen atoms in total. The van der Waals surface area contributed by atoms with E-state index >= 15 is 0 Å². The molecule has 0 saturated heterocycles. The second-order valence-electron chi connectivity index (χ2n) is 9.73. The van der Waals surface area contributed by atoms with Gasteiger partial charge in [0, 0.05) is 17.0 Å². The molecule has 1 aromatic carbocycles. The van der Waals surface area contributed by atoms with Crippen molar-refractivity contribution in [3.63, 3.8) is 0 Å². The van der Waals surface area contributed by atoms with Crippen LogP contribution in [0, 0.1) is 18.3 Å². The molecule has 0 aliphatic heterocycles. The topological polar surface area (TPSA) is 29.5 Å². The maximum absolute atomic E-state index is 10.5. The average molecular weight is 371 g/mol. The molecular formula is C25H38O2. The monoisotopic (exact) mass is 370 g/mol. The van der Waals surface area contributed by atoms with E-state index < -0.39 is 0 Å². The fraction of sp³-hybridized carbons (Fsp3) is 0.600. The van der Waals surface area contributed by atoms with Gasteiger partial charge in [0.25, 0.3) is 0 Å². The van der Waals surface area contributed by atoms with Crippen LogP contribution in [0.4, 0.5) is 0 Å². The highest BCUT2D eigenvalue weighted by Crippen LogP contribution is 2.40. The summed E-state index contributed by atoms with van der Waals surface area (Å²) in [6.45, 7) is 17.5. The molecule has 0 aliphatic carbocycles. The van der Waals surface area contributed by atoms with Crippen molar-refractivity contribution in [2.24, 2.45) is 5.92 Å². The third-order valence-corrected chi connectivity index (χ3v) is 4.74. The predicted molar refractivity (Wildman–Crippen MR) is 117 cm³/mol. The van der Waals surface area contributed by atoms with Crippen LogP contribution in [0.15, 0.2) is 23.8 Å². The van der Waals surface area contributed by atoms with Gasteiger partial charge in [0.05, 0.1) is 6.61 Å². The molecule has 150 valence electrons. The van der Waals surface area contributed by atoms with E-state index in [-0.39, 0.29) is 16.7 Å². The van der Waals surface area contributed by atoms with Crippen LogP contribution >= 0.6 is 0 Å². The second-order valence-corrected chi connectivity index (χ2v) is 9.73. The largest absolute Gasteiger partial charge is 0.508 e. The first-order valence-electron chi connectivity index (χ1n) is 9.96. The molecule has 1 aromatic rings. The minimum absolute atomic E-state index is 0.113. The van der Waals surface area contributed by atoms with Crippen molar-refractivity contribution in [3.05, 3.63) is 34.9 Å². The lowest BCUT2D eigenvalue weighted by atomic mass is 9.81. The highest BCUT2D eigenvalue weighted by atomic mass is 16.5. The summed E-state index contributed by atoms with van der Waals surface area (Å²) in [6.07, 6.45) is 10.8. The fourth-order valence-corrected chi connectivity index (χ4v) is 3.07. The van der Waals surface area contributed by atoms with Crippen molar-refractivity contribution in [3.8, 4) is 23.8 Å². The van der Waals surface area contributed by atoms with Gasteiger partial charge in [-0.2, -0.15) is 0 Å². The third-order valence-electron chi connectivity index (χ3n) is 4.74. The summed E-state index contributed by atoms with van der Waals surface area (Å²) in [5, 5.41) is 10.5. The van der Waals surface area contributed by atoms with Crippen molar-refractivity contribution < 1.29 is 9.84 Å². The molecule has 1 N–H and O–H groups in total. The first kappa shape index (κ1) is 23.2. The lowest BCUT2D eigenvalue weighted by molar-refractivity contribution is 0.282.